The Kier molecular flexibility index (Phi) is 5.40. The Balaban J connectivity index is 1.57. The van der Waals surface area contributed by atoms with E-state index in [2.05, 4.69) is 48.4 Å². The van der Waals surface area contributed by atoms with Crippen LogP contribution >= 0.6 is 0 Å². The molecule has 1 N–H and O–H groups in total. The molecule has 6 heteroatoms. The standard InChI is InChI=1S/C20H26N4O2/c1-20(2,3)15-8-10-16(11-9-15)22-19(25)24-13-5-6-17(14-24)26-18-7-4-12-21-23-18/h4,7-12,17H,5-6,13-14H2,1-3H3,(H,22,25). The lowest BCUT2D eigenvalue weighted by atomic mass is 9.87. The van der Waals surface area contributed by atoms with E-state index in [1.807, 2.05) is 12.1 Å². The van der Waals surface area contributed by atoms with Crippen LogP contribution in [0.3, 0.4) is 0 Å². The van der Waals surface area contributed by atoms with E-state index < -0.39 is 0 Å². The number of amides is 2. The Morgan fingerprint density at radius 2 is 2.00 bits per heavy atom. The molecule has 0 saturated carbocycles. The summed E-state index contributed by atoms with van der Waals surface area (Å²) in [5.74, 6) is 0.498. The highest BCUT2D eigenvalue weighted by Crippen LogP contribution is 2.24. The molecule has 2 amide bonds. The Bertz CT molecular complexity index is 726. The lowest BCUT2D eigenvalue weighted by Crippen LogP contribution is -2.46. The van der Waals surface area contributed by atoms with Crippen molar-refractivity contribution in [3.63, 3.8) is 0 Å². The molecule has 1 aromatic heterocycles. The van der Waals surface area contributed by atoms with Gasteiger partial charge in [-0.2, -0.15) is 5.10 Å². The number of hydrogen-bond acceptors (Lipinski definition) is 4. The molecular formula is C20H26N4O2. The van der Waals surface area contributed by atoms with E-state index >= 15 is 0 Å². The van der Waals surface area contributed by atoms with Crippen LogP contribution in [0.1, 0.15) is 39.2 Å². The molecule has 2 aromatic rings. The van der Waals surface area contributed by atoms with Crippen molar-refractivity contribution in [2.75, 3.05) is 18.4 Å². The van der Waals surface area contributed by atoms with Crippen molar-refractivity contribution in [3.8, 4) is 5.88 Å². The smallest absolute Gasteiger partial charge is 0.321 e. The molecule has 1 aliphatic heterocycles. The molecule has 3 rings (SSSR count). The Morgan fingerprint density at radius 3 is 2.65 bits per heavy atom. The molecule has 0 aliphatic carbocycles. The quantitative estimate of drug-likeness (QED) is 0.909. The molecule has 1 saturated heterocycles. The minimum absolute atomic E-state index is 0.0607. The largest absolute Gasteiger partial charge is 0.471 e. The third kappa shape index (κ3) is 4.71. The molecule has 1 aromatic carbocycles. The van der Waals surface area contributed by atoms with E-state index in [1.165, 1.54) is 5.56 Å². The predicted molar refractivity (Wildman–Crippen MR) is 101 cm³/mol. The van der Waals surface area contributed by atoms with Crippen LogP contribution in [-0.2, 0) is 5.41 Å². The van der Waals surface area contributed by atoms with Crippen molar-refractivity contribution in [1.29, 1.82) is 0 Å². The number of urea groups is 1. The maximum atomic E-state index is 12.6. The van der Waals surface area contributed by atoms with E-state index in [0.29, 0.717) is 12.4 Å². The highest BCUT2D eigenvalue weighted by Gasteiger charge is 2.25. The monoisotopic (exact) mass is 354 g/mol. The summed E-state index contributed by atoms with van der Waals surface area (Å²) in [5, 5.41) is 10.7. The van der Waals surface area contributed by atoms with Crippen molar-refractivity contribution < 1.29 is 9.53 Å². The van der Waals surface area contributed by atoms with E-state index in [0.717, 1.165) is 25.1 Å². The first-order valence-electron chi connectivity index (χ1n) is 9.03. The van der Waals surface area contributed by atoms with Crippen molar-refractivity contribution in [2.24, 2.45) is 0 Å². The zero-order valence-electron chi connectivity index (χ0n) is 15.6. The van der Waals surface area contributed by atoms with E-state index in [1.54, 1.807) is 23.2 Å². The third-order valence-electron chi connectivity index (χ3n) is 4.50. The number of anilines is 1. The second-order valence-corrected chi connectivity index (χ2v) is 7.65. The fraction of sp³-hybridized carbons (Fsp3) is 0.450. The number of aromatic nitrogens is 2. The van der Waals surface area contributed by atoms with Crippen LogP contribution in [-0.4, -0.2) is 40.3 Å². The summed E-state index contributed by atoms with van der Waals surface area (Å²) in [6.07, 6.45) is 3.36. The minimum Gasteiger partial charge on any atom is -0.471 e. The highest BCUT2D eigenvalue weighted by molar-refractivity contribution is 5.89. The lowest BCUT2D eigenvalue weighted by Gasteiger charge is -2.32. The Labute approximate surface area is 154 Å². The average molecular weight is 354 g/mol. The number of benzene rings is 1. The highest BCUT2D eigenvalue weighted by atomic mass is 16.5. The van der Waals surface area contributed by atoms with E-state index in [-0.39, 0.29) is 17.6 Å². The number of hydrogen-bond donors (Lipinski definition) is 1. The van der Waals surface area contributed by atoms with Crippen LogP contribution in [0, 0.1) is 0 Å². The molecule has 1 aliphatic rings. The zero-order chi connectivity index (χ0) is 18.6. The van der Waals surface area contributed by atoms with Gasteiger partial charge in [-0.25, -0.2) is 4.79 Å². The van der Waals surface area contributed by atoms with Gasteiger partial charge in [-0.1, -0.05) is 32.9 Å². The molecule has 0 radical (unpaired) electrons. The predicted octanol–water partition coefficient (Wildman–Crippen LogP) is 3.85. The molecule has 0 bridgehead atoms. The van der Waals surface area contributed by atoms with Gasteiger partial charge in [-0.05, 0) is 42.0 Å². The molecule has 1 fully saturated rings. The van der Waals surface area contributed by atoms with Crippen molar-refractivity contribution in [3.05, 3.63) is 48.2 Å². The summed E-state index contributed by atoms with van der Waals surface area (Å²) < 4.78 is 5.84. The number of likely N-dealkylation sites (tertiary alicyclic amines) is 1. The summed E-state index contributed by atoms with van der Waals surface area (Å²) in [4.78, 5) is 14.4. The first-order valence-corrected chi connectivity index (χ1v) is 9.03. The Morgan fingerprint density at radius 1 is 1.23 bits per heavy atom. The van der Waals surface area contributed by atoms with E-state index in [9.17, 15) is 4.79 Å². The Hall–Kier alpha value is -2.63. The van der Waals surface area contributed by atoms with Crippen LogP contribution < -0.4 is 10.1 Å². The van der Waals surface area contributed by atoms with Gasteiger partial charge < -0.3 is 15.0 Å². The number of ether oxygens (including phenoxy) is 1. The number of nitrogens with zero attached hydrogens (tertiary/aromatic N) is 3. The number of nitrogens with one attached hydrogen (secondary N) is 1. The molecule has 2 heterocycles. The lowest BCUT2D eigenvalue weighted by molar-refractivity contribution is 0.102. The van der Waals surface area contributed by atoms with Gasteiger partial charge in [0.25, 0.3) is 0 Å². The summed E-state index contributed by atoms with van der Waals surface area (Å²) >= 11 is 0. The first kappa shape index (κ1) is 18.2. The van der Waals surface area contributed by atoms with Crippen molar-refractivity contribution >= 4 is 11.7 Å². The SMILES string of the molecule is CC(C)(C)c1ccc(NC(=O)N2CCCC(Oc3cccnn3)C2)cc1. The maximum absolute atomic E-state index is 12.6. The van der Waals surface area contributed by atoms with Gasteiger partial charge >= 0.3 is 6.03 Å². The maximum Gasteiger partial charge on any atom is 0.321 e. The average Bonchev–Trinajstić information content (AvgIpc) is 2.62. The summed E-state index contributed by atoms with van der Waals surface area (Å²) in [6.45, 7) is 7.79. The number of carbonyl (C=O) groups excluding carboxylic acids is 1. The second-order valence-electron chi connectivity index (χ2n) is 7.65. The van der Waals surface area contributed by atoms with Crippen molar-refractivity contribution in [2.45, 2.75) is 45.1 Å². The van der Waals surface area contributed by atoms with Crippen LogP contribution in [0.25, 0.3) is 0 Å². The summed E-state index contributed by atoms with van der Waals surface area (Å²) in [6, 6.07) is 11.5. The van der Waals surface area contributed by atoms with Gasteiger partial charge in [0.15, 0.2) is 0 Å². The molecular weight excluding hydrogens is 328 g/mol. The van der Waals surface area contributed by atoms with Crippen LogP contribution in [0.5, 0.6) is 5.88 Å². The molecule has 138 valence electrons. The molecule has 6 nitrogen and oxygen atoms in total. The molecule has 1 unspecified atom stereocenters. The molecule has 26 heavy (non-hydrogen) atoms. The second kappa shape index (κ2) is 7.72. The first-order chi connectivity index (χ1) is 12.4. The summed E-state index contributed by atoms with van der Waals surface area (Å²) in [5.41, 5.74) is 2.14. The van der Waals surface area contributed by atoms with Gasteiger partial charge in [0.2, 0.25) is 5.88 Å². The van der Waals surface area contributed by atoms with Crippen LogP contribution in [0.15, 0.2) is 42.6 Å². The minimum atomic E-state index is -0.0963. The van der Waals surface area contributed by atoms with E-state index in [4.69, 9.17) is 4.74 Å². The number of carbonyl (C=O) groups is 1. The van der Waals surface area contributed by atoms with Gasteiger partial charge in [-0.15, -0.1) is 5.10 Å². The van der Waals surface area contributed by atoms with Crippen LogP contribution in [0.2, 0.25) is 0 Å². The van der Waals surface area contributed by atoms with Gasteiger partial charge in [-0.3, -0.25) is 0 Å². The topological polar surface area (TPSA) is 67.4 Å². The van der Waals surface area contributed by atoms with Crippen LogP contribution in [0.4, 0.5) is 10.5 Å². The van der Waals surface area contributed by atoms with Gasteiger partial charge in [0.1, 0.15) is 6.10 Å². The number of rotatable bonds is 3. The third-order valence-corrected chi connectivity index (χ3v) is 4.50. The zero-order valence-corrected chi connectivity index (χ0v) is 15.6. The summed E-state index contributed by atoms with van der Waals surface area (Å²) in [7, 11) is 0. The molecule has 1 atom stereocenters. The van der Waals surface area contributed by atoms with Gasteiger partial charge in [0, 0.05) is 24.5 Å². The van der Waals surface area contributed by atoms with Crippen molar-refractivity contribution in [1.82, 2.24) is 15.1 Å². The molecule has 0 spiro atoms. The normalized spacial score (nSPS) is 17.7. The number of piperidine rings is 1. The van der Waals surface area contributed by atoms with Gasteiger partial charge in [0.05, 0.1) is 6.54 Å². The fourth-order valence-electron chi connectivity index (χ4n) is 3.00. The fourth-order valence-corrected chi connectivity index (χ4v) is 3.00.